The van der Waals surface area contributed by atoms with E-state index in [-0.39, 0.29) is 24.3 Å². The second-order valence-corrected chi connectivity index (χ2v) is 6.54. The molecule has 0 saturated carbocycles. The molecule has 0 aliphatic carbocycles. The van der Waals surface area contributed by atoms with Crippen LogP contribution in [0.2, 0.25) is 0 Å². The number of rotatable bonds is 4. The second kappa shape index (κ2) is 5.98. The van der Waals surface area contributed by atoms with Crippen LogP contribution in [0.25, 0.3) is 0 Å². The quantitative estimate of drug-likeness (QED) is 0.853. The van der Waals surface area contributed by atoms with E-state index < -0.39 is 10.1 Å². The second-order valence-electron chi connectivity index (χ2n) is 4.90. The van der Waals surface area contributed by atoms with E-state index in [2.05, 4.69) is 5.32 Å². The van der Waals surface area contributed by atoms with Gasteiger partial charge in [0.1, 0.15) is 5.82 Å². The summed E-state index contributed by atoms with van der Waals surface area (Å²) in [4.78, 5) is 0. The maximum absolute atomic E-state index is 12.9. The lowest BCUT2D eigenvalue weighted by atomic mass is 9.82. The maximum Gasteiger partial charge on any atom is 0.264 e. The van der Waals surface area contributed by atoms with Gasteiger partial charge in [0.25, 0.3) is 10.1 Å². The fraction of sp³-hybridized carbons (Fsp3) is 0.538. The number of halogens is 1. The Morgan fingerprint density at radius 2 is 2.05 bits per heavy atom. The molecule has 6 heteroatoms. The number of piperidine rings is 1. The molecule has 1 aliphatic heterocycles. The molecule has 2 atom stereocenters. The topological polar surface area (TPSA) is 55.4 Å². The maximum atomic E-state index is 12.9. The third-order valence-corrected chi connectivity index (χ3v) is 3.97. The van der Waals surface area contributed by atoms with Crippen LogP contribution in [0.15, 0.2) is 24.3 Å². The van der Waals surface area contributed by atoms with Gasteiger partial charge in [0, 0.05) is 12.5 Å². The molecule has 1 N–H and O–H groups in total. The molecule has 0 bridgehead atoms. The van der Waals surface area contributed by atoms with Crippen molar-refractivity contribution in [1.29, 1.82) is 0 Å². The summed E-state index contributed by atoms with van der Waals surface area (Å²) in [7, 11) is -3.42. The van der Waals surface area contributed by atoms with Crippen LogP contribution in [0.4, 0.5) is 4.39 Å². The van der Waals surface area contributed by atoms with E-state index in [1.807, 2.05) is 0 Å². The summed E-state index contributed by atoms with van der Waals surface area (Å²) in [5.74, 6) is 0.0131. The average molecular weight is 287 g/mol. The molecular formula is C13H18FNO3S. The summed E-state index contributed by atoms with van der Waals surface area (Å²) in [6.07, 6.45) is 1.94. The standard InChI is InChI=1S/C13H18FNO3S/c1-19(16,17)18-9-11-8-15-7-6-13(11)10-2-4-12(14)5-3-10/h2-5,11,13,15H,6-9H2,1H3. The Labute approximate surface area is 113 Å². The molecule has 2 rings (SSSR count). The summed E-state index contributed by atoms with van der Waals surface area (Å²) in [6, 6.07) is 6.40. The highest BCUT2D eigenvalue weighted by Crippen LogP contribution is 2.30. The normalized spacial score (nSPS) is 24.3. The predicted octanol–water partition coefficient (Wildman–Crippen LogP) is 1.49. The Bertz CT molecular complexity index is 515. The molecule has 2 unspecified atom stereocenters. The van der Waals surface area contributed by atoms with Gasteiger partial charge in [-0.25, -0.2) is 4.39 Å². The van der Waals surface area contributed by atoms with Gasteiger partial charge in [-0.2, -0.15) is 8.42 Å². The molecule has 0 radical (unpaired) electrons. The molecule has 1 aliphatic rings. The Kier molecular flexibility index (Phi) is 4.54. The molecule has 1 aromatic rings. The zero-order valence-corrected chi connectivity index (χ0v) is 11.6. The first-order chi connectivity index (χ1) is 8.96. The third-order valence-electron chi connectivity index (χ3n) is 3.40. The van der Waals surface area contributed by atoms with E-state index in [9.17, 15) is 12.8 Å². The first kappa shape index (κ1) is 14.4. The zero-order valence-electron chi connectivity index (χ0n) is 10.8. The largest absolute Gasteiger partial charge is 0.316 e. The fourth-order valence-electron chi connectivity index (χ4n) is 2.46. The van der Waals surface area contributed by atoms with Crippen molar-refractivity contribution >= 4 is 10.1 Å². The van der Waals surface area contributed by atoms with Crippen LogP contribution in [0.1, 0.15) is 17.9 Å². The molecule has 0 spiro atoms. The van der Waals surface area contributed by atoms with E-state index in [1.54, 1.807) is 12.1 Å². The van der Waals surface area contributed by atoms with E-state index >= 15 is 0 Å². The van der Waals surface area contributed by atoms with E-state index in [1.165, 1.54) is 12.1 Å². The van der Waals surface area contributed by atoms with E-state index in [4.69, 9.17) is 4.18 Å². The van der Waals surface area contributed by atoms with Crippen molar-refractivity contribution in [3.63, 3.8) is 0 Å². The van der Waals surface area contributed by atoms with Gasteiger partial charge < -0.3 is 5.32 Å². The van der Waals surface area contributed by atoms with Crippen molar-refractivity contribution in [3.8, 4) is 0 Å². The Hall–Kier alpha value is -0.980. The van der Waals surface area contributed by atoms with Crippen LogP contribution < -0.4 is 5.32 Å². The van der Waals surface area contributed by atoms with Crippen LogP contribution in [-0.2, 0) is 14.3 Å². The van der Waals surface area contributed by atoms with Gasteiger partial charge in [-0.1, -0.05) is 12.1 Å². The molecule has 1 heterocycles. The van der Waals surface area contributed by atoms with Crippen LogP contribution in [0.5, 0.6) is 0 Å². The minimum Gasteiger partial charge on any atom is -0.316 e. The van der Waals surface area contributed by atoms with Crippen LogP contribution >= 0.6 is 0 Å². The summed E-state index contributed by atoms with van der Waals surface area (Å²) in [6.45, 7) is 1.74. The highest BCUT2D eigenvalue weighted by Gasteiger charge is 2.27. The average Bonchev–Trinajstić information content (AvgIpc) is 2.37. The lowest BCUT2D eigenvalue weighted by molar-refractivity contribution is 0.203. The number of nitrogens with one attached hydrogen (secondary N) is 1. The number of hydrogen-bond acceptors (Lipinski definition) is 4. The van der Waals surface area contributed by atoms with Gasteiger partial charge >= 0.3 is 0 Å². The van der Waals surface area contributed by atoms with Gasteiger partial charge in [-0.05, 0) is 36.6 Å². The summed E-state index contributed by atoms with van der Waals surface area (Å²) >= 11 is 0. The monoisotopic (exact) mass is 287 g/mol. The highest BCUT2D eigenvalue weighted by molar-refractivity contribution is 7.85. The highest BCUT2D eigenvalue weighted by atomic mass is 32.2. The minimum atomic E-state index is -3.42. The van der Waals surface area contributed by atoms with Crippen molar-refractivity contribution in [2.45, 2.75) is 12.3 Å². The van der Waals surface area contributed by atoms with Gasteiger partial charge in [0.15, 0.2) is 0 Å². The summed E-state index contributed by atoms with van der Waals surface area (Å²) in [5, 5.41) is 3.23. The van der Waals surface area contributed by atoms with Crippen LogP contribution in [0.3, 0.4) is 0 Å². The summed E-state index contributed by atoms with van der Waals surface area (Å²) < 4.78 is 40.0. The molecule has 1 aromatic carbocycles. The van der Waals surface area contributed by atoms with Crippen molar-refractivity contribution in [1.82, 2.24) is 5.32 Å². The molecule has 1 fully saturated rings. The molecular weight excluding hydrogens is 269 g/mol. The van der Waals surface area contributed by atoms with Crippen molar-refractivity contribution in [2.75, 3.05) is 26.0 Å². The van der Waals surface area contributed by atoms with Gasteiger partial charge in [-0.15, -0.1) is 0 Å². The molecule has 1 saturated heterocycles. The molecule has 4 nitrogen and oxygen atoms in total. The fourth-order valence-corrected chi connectivity index (χ4v) is 2.88. The lowest BCUT2D eigenvalue weighted by Crippen LogP contribution is -2.38. The predicted molar refractivity (Wildman–Crippen MR) is 70.9 cm³/mol. The third kappa shape index (κ3) is 4.26. The smallest absolute Gasteiger partial charge is 0.264 e. The first-order valence-corrected chi connectivity index (χ1v) is 8.08. The van der Waals surface area contributed by atoms with Gasteiger partial charge in [0.05, 0.1) is 12.9 Å². The summed E-state index contributed by atoms with van der Waals surface area (Å²) in [5.41, 5.74) is 1.03. The molecule has 0 amide bonds. The minimum absolute atomic E-state index is 0.0777. The molecule has 0 aromatic heterocycles. The van der Waals surface area contributed by atoms with E-state index in [0.717, 1.165) is 24.8 Å². The van der Waals surface area contributed by atoms with Crippen molar-refractivity contribution in [2.24, 2.45) is 5.92 Å². The lowest BCUT2D eigenvalue weighted by Gasteiger charge is -2.32. The van der Waals surface area contributed by atoms with E-state index in [0.29, 0.717) is 6.54 Å². The Morgan fingerprint density at radius 1 is 1.37 bits per heavy atom. The first-order valence-electron chi connectivity index (χ1n) is 6.26. The molecule has 19 heavy (non-hydrogen) atoms. The van der Waals surface area contributed by atoms with Gasteiger partial charge in [0.2, 0.25) is 0 Å². The SMILES string of the molecule is CS(=O)(=O)OCC1CNCCC1c1ccc(F)cc1. The number of hydrogen-bond donors (Lipinski definition) is 1. The Morgan fingerprint density at radius 3 is 2.68 bits per heavy atom. The Balaban J connectivity index is 2.09. The zero-order chi connectivity index (χ0) is 13.9. The van der Waals surface area contributed by atoms with Gasteiger partial charge in [-0.3, -0.25) is 4.18 Å². The molecule has 106 valence electrons. The van der Waals surface area contributed by atoms with Crippen molar-refractivity contribution < 1.29 is 17.0 Å². The van der Waals surface area contributed by atoms with Crippen molar-refractivity contribution in [3.05, 3.63) is 35.6 Å². The van der Waals surface area contributed by atoms with Crippen LogP contribution in [0, 0.1) is 11.7 Å². The number of benzene rings is 1. The van der Waals surface area contributed by atoms with Crippen LogP contribution in [-0.4, -0.2) is 34.4 Å².